The van der Waals surface area contributed by atoms with Crippen LogP contribution in [0.3, 0.4) is 0 Å². The van der Waals surface area contributed by atoms with Crippen molar-refractivity contribution in [2.24, 2.45) is 0 Å². The van der Waals surface area contributed by atoms with Gasteiger partial charge in [-0.1, -0.05) is 18.2 Å². The first kappa shape index (κ1) is 25.1. The minimum atomic E-state index is -0.0128. The zero-order valence-electron chi connectivity index (χ0n) is 22.3. The van der Waals surface area contributed by atoms with Crippen molar-refractivity contribution in [3.05, 3.63) is 101 Å². The largest absolute Gasteiger partial charge is 0.497 e. The van der Waals surface area contributed by atoms with Gasteiger partial charge in [0, 0.05) is 61.5 Å². The van der Waals surface area contributed by atoms with E-state index in [0.29, 0.717) is 0 Å². The third-order valence-electron chi connectivity index (χ3n) is 7.55. The van der Waals surface area contributed by atoms with E-state index in [9.17, 15) is 4.79 Å². The van der Waals surface area contributed by atoms with Gasteiger partial charge in [-0.25, -0.2) is 9.97 Å². The van der Waals surface area contributed by atoms with E-state index < -0.39 is 0 Å². The first-order valence-corrected chi connectivity index (χ1v) is 13.7. The molecule has 0 spiro atoms. The number of benzene rings is 3. The lowest BCUT2D eigenvalue weighted by atomic mass is 10.1. The van der Waals surface area contributed by atoms with Gasteiger partial charge in [0.15, 0.2) is 5.43 Å². The molecule has 39 heavy (non-hydrogen) atoms. The summed E-state index contributed by atoms with van der Waals surface area (Å²) in [4.78, 5) is 26.7. The number of ether oxygens (including phenoxy) is 1. The quantitative estimate of drug-likeness (QED) is 0.268. The Bertz CT molecular complexity index is 1590. The maximum atomic E-state index is 12.0. The highest BCUT2D eigenvalue weighted by molar-refractivity contribution is 5.80. The fourth-order valence-electron chi connectivity index (χ4n) is 5.33. The van der Waals surface area contributed by atoms with Crippen LogP contribution in [-0.4, -0.2) is 59.3 Å². The summed E-state index contributed by atoms with van der Waals surface area (Å²) in [6.45, 7) is 5.14. The molecule has 1 saturated heterocycles. The van der Waals surface area contributed by atoms with E-state index in [-0.39, 0.29) is 5.43 Å². The van der Waals surface area contributed by atoms with E-state index in [2.05, 4.69) is 50.9 Å². The summed E-state index contributed by atoms with van der Waals surface area (Å²) in [7, 11) is 1.67. The lowest BCUT2D eigenvalue weighted by Crippen LogP contribution is -2.46. The van der Waals surface area contributed by atoms with Crippen molar-refractivity contribution in [3.8, 4) is 22.7 Å². The van der Waals surface area contributed by atoms with E-state index in [0.717, 1.165) is 91.8 Å². The van der Waals surface area contributed by atoms with Crippen molar-refractivity contribution < 1.29 is 4.74 Å². The van der Waals surface area contributed by atoms with Crippen LogP contribution in [0.4, 0.5) is 5.82 Å². The Balaban J connectivity index is 1.08. The van der Waals surface area contributed by atoms with E-state index in [4.69, 9.17) is 14.7 Å². The summed E-state index contributed by atoms with van der Waals surface area (Å²) in [6.07, 6.45) is 5.04. The Labute approximate surface area is 228 Å². The number of hydrogen-bond acceptors (Lipinski definition) is 6. The lowest BCUT2D eigenvalue weighted by Gasteiger charge is -2.35. The molecular formula is C32H33N5O2. The summed E-state index contributed by atoms with van der Waals surface area (Å²) in [5.74, 6) is 2.85. The zero-order valence-corrected chi connectivity index (χ0v) is 22.3. The van der Waals surface area contributed by atoms with Crippen LogP contribution in [0, 0.1) is 0 Å². The summed E-state index contributed by atoms with van der Waals surface area (Å²) in [5.41, 5.74) is 3.78. The van der Waals surface area contributed by atoms with E-state index in [1.54, 1.807) is 19.2 Å². The first-order chi connectivity index (χ1) is 19.2. The van der Waals surface area contributed by atoms with Crippen molar-refractivity contribution >= 4 is 16.7 Å². The number of aryl methyl sites for hydroxylation is 1. The predicted molar refractivity (Wildman–Crippen MR) is 156 cm³/mol. The second kappa shape index (κ2) is 11.3. The fraction of sp³-hybridized carbons (Fsp3) is 0.281. The second-order valence-electron chi connectivity index (χ2n) is 10.1. The van der Waals surface area contributed by atoms with Gasteiger partial charge in [-0.05, 0) is 74.0 Å². The van der Waals surface area contributed by atoms with Crippen LogP contribution in [0.25, 0.3) is 27.8 Å². The van der Waals surface area contributed by atoms with Gasteiger partial charge in [-0.15, -0.1) is 0 Å². The molecule has 6 rings (SSSR count). The first-order valence-electron chi connectivity index (χ1n) is 13.7. The number of nitrogens with zero attached hydrogens (tertiary/aromatic N) is 5. The zero-order chi connectivity index (χ0) is 26.6. The van der Waals surface area contributed by atoms with Crippen LogP contribution < -0.4 is 15.1 Å². The molecule has 7 heteroatoms. The molecule has 2 aromatic carbocycles. The maximum absolute atomic E-state index is 12.0. The number of para-hydroxylation sites is 1. The normalized spacial score (nSPS) is 14.2. The monoisotopic (exact) mass is 519 g/mol. The molecule has 3 aromatic rings. The Hall–Kier alpha value is -4.23. The van der Waals surface area contributed by atoms with Crippen molar-refractivity contribution in [2.75, 3.05) is 44.7 Å². The average molecular weight is 520 g/mol. The summed E-state index contributed by atoms with van der Waals surface area (Å²) in [5, 5.41) is 1.18. The lowest BCUT2D eigenvalue weighted by molar-refractivity contribution is 0.252. The molecule has 0 amide bonds. The smallest absolute Gasteiger partial charge is 0.180 e. The molecule has 0 bridgehead atoms. The molecule has 1 fully saturated rings. The van der Waals surface area contributed by atoms with Gasteiger partial charge >= 0.3 is 0 Å². The van der Waals surface area contributed by atoms with Gasteiger partial charge < -0.3 is 14.2 Å². The number of hydrogen-bond donors (Lipinski definition) is 0. The Morgan fingerprint density at radius 1 is 0.846 bits per heavy atom. The highest BCUT2D eigenvalue weighted by Crippen LogP contribution is 2.24. The number of rotatable bonds is 8. The van der Waals surface area contributed by atoms with Crippen molar-refractivity contribution in [2.45, 2.75) is 19.3 Å². The van der Waals surface area contributed by atoms with Crippen molar-refractivity contribution in [3.63, 3.8) is 0 Å². The predicted octanol–water partition coefficient (Wildman–Crippen LogP) is 5.04. The number of piperazine rings is 1. The molecule has 198 valence electrons. The molecule has 2 aliphatic heterocycles. The van der Waals surface area contributed by atoms with Gasteiger partial charge in [0.2, 0.25) is 0 Å². The molecule has 0 atom stereocenters. The molecule has 7 nitrogen and oxygen atoms in total. The Kier molecular flexibility index (Phi) is 7.23. The number of pyridine rings is 1. The fourth-order valence-corrected chi connectivity index (χ4v) is 5.33. The molecule has 0 saturated carbocycles. The highest BCUT2D eigenvalue weighted by Gasteiger charge is 2.18. The molecule has 3 aliphatic rings. The maximum Gasteiger partial charge on any atom is 0.180 e. The Morgan fingerprint density at radius 2 is 1.67 bits per heavy atom. The number of methoxy groups -OCH3 is 1. The summed E-state index contributed by atoms with van der Waals surface area (Å²) in [6, 6.07) is 25.7. The van der Waals surface area contributed by atoms with Gasteiger partial charge in [0.1, 0.15) is 17.4 Å². The van der Waals surface area contributed by atoms with Gasteiger partial charge in [0.25, 0.3) is 0 Å². The SMILES string of the molecule is COc1ccc(-n2cc3ccc(=O)cc-3nc2CCCCN2CCN(c3ccc4ccccc4n3)CC2)cc1. The second-order valence-corrected chi connectivity index (χ2v) is 10.1. The van der Waals surface area contributed by atoms with Crippen LogP contribution in [0.1, 0.15) is 18.7 Å². The summed E-state index contributed by atoms with van der Waals surface area (Å²) < 4.78 is 7.47. The van der Waals surface area contributed by atoms with Crippen molar-refractivity contribution in [1.29, 1.82) is 0 Å². The highest BCUT2D eigenvalue weighted by atomic mass is 16.5. The molecule has 1 aromatic heterocycles. The Morgan fingerprint density at radius 3 is 2.49 bits per heavy atom. The molecular weight excluding hydrogens is 486 g/mol. The topological polar surface area (TPSA) is 63.5 Å². The van der Waals surface area contributed by atoms with E-state index in [1.807, 2.05) is 36.4 Å². The average Bonchev–Trinajstić information content (AvgIpc) is 2.99. The number of fused-ring (bicyclic) bond motifs is 2. The standard InChI is InChI=1S/C32H33N5O2/c1-39-28-14-11-26(12-15-28)37-23-25-9-13-27(38)22-30(25)34-32(37)8-4-5-17-35-18-20-36(21-19-35)31-16-10-24-6-2-3-7-29(24)33-31/h2-3,6-7,9-16,22-23H,4-5,8,17-21H2,1H3. The van der Waals surface area contributed by atoms with E-state index >= 15 is 0 Å². The molecule has 0 N–H and O–H groups in total. The van der Waals surface area contributed by atoms with Crippen LogP contribution in [-0.2, 0) is 6.42 Å². The van der Waals surface area contributed by atoms with Gasteiger partial charge in [-0.2, -0.15) is 0 Å². The number of aromatic nitrogens is 3. The third kappa shape index (κ3) is 5.64. The number of anilines is 1. The van der Waals surface area contributed by atoms with Crippen LogP contribution in [0.5, 0.6) is 5.75 Å². The van der Waals surface area contributed by atoms with Gasteiger partial charge in [0.05, 0.1) is 18.3 Å². The minimum absolute atomic E-state index is 0.0128. The molecule has 3 heterocycles. The molecule has 0 unspecified atom stereocenters. The summed E-state index contributed by atoms with van der Waals surface area (Å²) >= 11 is 0. The van der Waals surface area contributed by atoms with Crippen molar-refractivity contribution in [1.82, 2.24) is 19.4 Å². The van der Waals surface area contributed by atoms with Crippen LogP contribution in [0.15, 0.2) is 89.9 Å². The molecule has 1 aliphatic carbocycles. The van der Waals surface area contributed by atoms with Gasteiger partial charge in [-0.3, -0.25) is 9.69 Å². The third-order valence-corrected chi connectivity index (χ3v) is 7.55. The molecule has 0 radical (unpaired) electrons. The number of unbranched alkanes of at least 4 members (excludes halogenated alkanes) is 1. The minimum Gasteiger partial charge on any atom is -0.497 e. The van der Waals surface area contributed by atoms with Crippen LogP contribution in [0.2, 0.25) is 0 Å². The van der Waals surface area contributed by atoms with Crippen LogP contribution >= 0.6 is 0 Å². The van der Waals surface area contributed by atoms with E-state index in [1.165, 1.54) is 5.39 Å².